The van der Waals surface area contributed by atoms with Crippen molar-refractivity contribution in [3.63, 3.8) is 0 Å². The first kappa shape index (κ1) is 16.7. The molecule has 0 spiro atoms. The van der Waals surface area contributed by atoms with Gasteiger partial charge in [0.2, 0.25) is 12.7 Å². The maximum Gasteiger partial charge on any atom is 0.231 e. The number of aliphatic hydroxyl groups is 1. The van der Waals surface area contributed by atoms with Gasteiger partial charge in [0.1, 0.15) is 0 Å². The van der Waals surface area contributed by atoms with E-state index in [0.29, 0.717) is 19.8 Å². The normalized spacial score (nSPS) is 27.3. The first-order chi connectivity index (χ1) is 12.0. The van der Waals surface area contributed by atoms with Gasteiger partial charge in [0.05, 0.1) is 6.61 Å². The van der Waals surface area contributed by atoms with Crippen LogP contribution in [-0.2, 0) is 11.2 Å². The molecule has 0 bridgehead atoms. The van der Waals surface area contributed by atoms with Gasteiger partial charge in [0.25, 0.3) is 0 Å². The third kappa shape index (κ3) is 3.22. The molecule has 1 saturated carbocycles. The fourth-order valence-corrected chi connectivity index (χ4v) is 4.47. The summed E-state index contributed by atoms with van der Waals surface area (Å²) in [5, 5.41) is 9.74. The topological polar surface area (TPSA) is 59.0 Å². The molecule has 1 amide bonds. The number of aliphatic hydroxyl groups excluding tert-OH is 1. The van der Waals surface area contributed by atoms with E-state index in [1.165, 1.54) is 5.56 Å². The van der Waals surface area contributed by atoms with Crippen LogP contribution < -0.4 is 9.47 Å². The zero-order chi connectivity index (χ0) is 17.5. The molecule has 136 valence electrons. The molecular formula is C20H27NO4. The molecular weight excluding hydrogens is 318 g/mol. The van der Waals surface area contributed by atoms with Crippen molar-refractivity contribution in [2.75, 3.05) is 26.5 Å². The molecule has 0 aromatic heterocycles. The monoisotopic (exact) mass is 345 g/mol. The van der Waals surface area contributed by atoms with Crippen molar-refractivity contribution in [1.82, 2.24) is 4.90 Å². The van der Waals surface area contributed by atoms with E-state index in [4.69, 9.17) is 9.47 Å². The molecule has 2 aliphatic heterocycles. The second kappa shape index (κ2) is 6.20. The number of carbonyl (C=O) groups excluding carboxylic acids is 1. The van der Waals surface area contributed by atoms with Crippen LogP contribution in [-0.4, -0.2) is 42.4 Å². The highest BCUT2D eigenvalue weighted by atomic mass is 16.7. The summed E-state index contributed by atoms with van der Waals surface area (Å²) in [5.74, 6) is 1.87. The summed E-state index contributed by atoms with van der Waals surface area (Å²) in [5.41, 5.74) is 1.23. The summed E-state index contributed by atoms with van der Waals surface area (Å²) in [6, 6.07) is 6.14. The molecule has 5 heteroatoms. The molecule has 0 unspecified atom stereocenters. The number of likely N-dealkylation sites (tertiary alicyclic amines) is 1. The number of fused-ring (bicyclic) bond motifs is 1. The van der Waals surface area contributed by atoms with Gasteiger partial charge in [-0.1, -0.05) is 19.4 Å². The van der Waals surface area contributed by atoms with Crippen molar-refractivity contribution in [3.05, 3.63) is 23.8 Å². The Morgan fingerprint density at radius 2 is 2.00 bits per heavy atom. The summed E-state index contributed by atoms with van der Waals surface area (Å²) < 4.78 is 10.9. The van der Waals surface area contributed by atoms with E-state index in [1.54, 1.807) is 0 Å². The third-order valence-corrected chi connectivity index (χ3v) is 6.21. The highest BCUT2D eigenvalue weighted by Gasteiger charge is 2.42. The molecule has 1 N–H and O–H groups in total. The molecule has 1 aromatic rings. The minimum atomic E-state index is -0.0489. The van der Waals surface area contributed by atoms with Gasteiger partial charge in [-0.05, 0) is 48.8 Å². The summed E-state index contributed by atoms with van der Waals surface area (Å²) in [6.07, 6.45) is 5.65. The van der Waals surface area contributed by atoms with Gasteiger partial charge in [0.15, 0.2) is 11.5 Å². The Labute approximate surface area is 148 Å². The van der Waals surface area contributed by atoms with Crippen LogP contribution >= 0.6 is 0 Å². The zero-order valence-corrected chi connectivity index (χ0v) is 14.9. The lowest BCUT2D eigenvalue weighted by Crippen LogP contribution is -2.53. The highest BCUT2D eigenvalue weighted by molar-refractivity contribution is 5.77. The molecule has 4 rings (SSSR count). The predicted octanol–water partition coefficient (Wildman–Crippen LogP) is 2.75. The Bertz CT molecular complexity index is 664. The highest BCUT2D eigenvalue weighted by Crippen LogP contribution is 2.43. The maximum atomic E-state index is 12.4. The van der Waals surface area contributed by atoms with Gasteiger partial charge >= 0.3 is 0 Å². The van der Waals surface area contributed by atoms with E-state index in [9.17, 15) is 9.90 Å². The number of rotatable bonds is 5. The second-order valence-corrected chi connectivity index (χ2v) is 8.44. The number of amides is 1. The standard InChI is InChI=1S/C20H27NO4/c1-19(10-15-3-4-16-17(9-15)25-14-24-16)8-5-18(23)21(11-19)12-20(13-22)6-2-7-20/h3-4,9,22H,2,5-8,10-14H2,1H3/t19-/m0/s1. The summed E-state index contributed by atoms with van der Waals surface area (Å²) in [7, 11) is 0. The lowest BCUT2D eigenvalue weighted by atomic mass is 9.68. The van der Waals surface area contributed by atoms with Crippen LogP contribution in [0.25, 0.3) is 0 Å². The Hall–Kier alpha value is -1.75. The van der Waals surface area contributed by atoms with Gasteiger partial charge in [-0.3, -0.25) is 4.79 Å². The SMILES string of the molecule is C[C@@]1(Cc2ccc3c(c2)OCO3)CCC(=O)N(CC2(CO)CCC2)C1. The second-order valence-electron chi connectivity index (χ2n) is 8.44. The van der Waals surface area contributed by atoms with Gasteiger partial charge in [-0.2, -0.15) is 0 Å². The summed E-state index contributed by atoms with van der Waals surface area (Å²) in [6.45, 7) is 4.22. The summed E-state index contributed by atoms with van der Waals surface area (Å²) in [4.78, 5) is 14.4. The summed E-state index contributed by atoms with van der Waals surface area (Å²) >= 11 is 0. The molecule has 5 nitrogen and oxygen atoms in total. The number of ether oxygens (including phenoxy) is 2. The molecule has 1 aromatic carbocycles. The van der Waals surface area contributed by atoms with Crippen LogP contribution in [0, 0.1) is 10.8 Å². The third-order valence-electron chi connectivity index (χ3n) is 6.21. The Balaban J connectivity index is 1.46. The quantitative estimate of drug-likeness (QED) is 0.891. The number of carbonyl (C=O) groups is 1. The van der Waals surface area contributed by atoms with Crippen LogP contribution in [0.3, 0.4) is 0 Å². The van der Waals surface area contributed by atoms with Crippen molar-refractivity contribution in [2.24, 2.45) is 10.8 Å². The molecule has 2 fully saturated rings. The maximum absolute atomic E-state index is 12.4. The van der Waals surface area contributed by atoms with Crippen molar-refractivity contribution in [2.45, 2.75) is 45.4 Å². The van der Waals surface area contributed by atoms with E-state index < -0.39 is 0 Å². The van der Waals surface area contributed by atoms with Crippen molar-refractivity contribution in [3.8, 4) is 11.5 Å². The first-order valence-corrected chi connectivity index (χ1v) is 9.28. The molecule has 0 radical (unpaired) electrons. The predicted molar refractivity (Wildman–Crippen MR) is 93.6 cm³/mol. The number of hydrogen-bond donors (Lipinski definition) is 1. The Morgan fingerprint density at radius 1 is 1.20 bits per heavy atom. The van der Waals surface area contributed by atoms with E-state index in [-0.39, 0.29) is 23.3 Å². The molecule has 1 aliphatic carbocycles. The average molecular weight is 345 g/mol. The lowest BCUT2D eigenvalue weighted by molar-refractivity contribution is -0.141. The molecule has 25 heavy (non-hydrogen) atoms. The smallest absolute Gasteiger partial charge is 0.231 e. The van der Waals surface area contributed by atoms with Gasteiger partial charge < -0.3 is 19.5 Å². The molecule has 3 aliphatic rings. The fraction of sp³-hybridized carbons (Fsp3) is 0.650. The zero-order valence-electron chi connectivity index (χ0n) is 14.9. The number of piperidine rings is 1. The largest absolute Gasteiger partial charge is 0.454 e. The molecule has 1 atom stereocenters. The van der Waals surface area contributed by atoms with E-state index in [1.807, 2.05) is 11.0 Å². The van der Waals surface area contributed by atoms with Crippen LogP contribution in [0.4, 0.5) is 0 Å². The number of benzene rings is 1. The number of hydrogen-bond acceptors (Lipinski definition) is 4. The Morgan fingerprint density at radius 3 is 2.72 bits per heavy atom. The van der Waals surface area contributed by atoms with Crippen LogP contribution in [0.15, 0.2) is 18.2 Å². The van der Waals surface area contributed by atoms with Crippen molar-refractivity contribution >= 4 is 5.91 Å². The fourth-order valence-electron chi connectivity index (χ4n) is 4.47. The van der Waals surface area contributed by atoms with E-state index in [2.05, 4.69) is 19.1 Å². The van der Waals surface area contributed by atoms with Crippen molar-refractivity contribution < 1.29 is 19.4 Å². The van der Waals surface area contributed by atoms with E-state index >= 15 is 0 Å². The minimum Gasteiger partial charge on any atom is -0.454 e. The average Bonchev–Trinajstić information content (AvgIpc) is 3.02. The van der Waals surface area contributed by atoms with E-state index in [0.717, 1.165) is 50.1 Å². The first-order valence-electron chi connectivity index (χ1n) is 9.28. The molecule has 2 heterocycles. The van der Waals surface area contributed by atoms with Crippen LogP contribution in [0.2, 0.25) is 0 Å². The lowest BCUT2D eigenvalue weighted by Gasteiger charge is -2.48. The van der Waals surface area contributed by atoms with Gasteiger partial charge in [-0.15, -0.1) is 0 Å². The van der Waals surface area contributed by atoms with Gasteiger partial charge in [-0.25, -0.2) is 0 Å². The number of nitrogens with zero attached hydrogens (tertiary/aromatic N) is 1. The van der Waals surface area contributed by atoms with Gasteiger partial charge in [0, 0.05) is 24.9 Å². The van der Waals surface area contributed by atoms with Crippen molar-refractivity contribution in [1.29, 1.82) is 0 Å². The molecule has 1 saturated heterocycles. The van der Waals surface area contributed by atoms with Crippen LogP contribution in [0.5, 0.6) is 11.5 Å². The minimum absolute atomic E-state index is 0.0489. The van der Waals surface area contributed by atoms with Crippen LogP contribution in [0.1, 0.15) is 44.6 Å². The Kier molecular flexibility index (Phi) is 4.14.